The van der Waals surface area contributed by atoms with Gasteiger partial charge in [-0.1, -0.05) is 30.3 Å². The molecule has 1 heterocycles. The van der Waals surface area contributed by atoms with Crippen LogP contribution in [0, 0.1) is 6.92 Å². The number of quaternary nitrogens is 1. The molecule has 0 spiro atoms. The van der Waals surface area contributed by atoms with Gasteiger partial charge >= 0.3 is 0 Å². The molecule has 2 aromatic rings. The molecule has 3 rings (SSSR count). The molecule has 0 amide bonds. The van der Waals surface area contributed by atoms with Crippen molar-refractivity contribution >= 4 is 22.2 Å². The van der Waals surface area contributed by atoms with Crippen LogP contribution in [0.4, 0.5) is 5.69 Å². The van der Waals surface area contributed by atoms with Crippen LogP contribution in [0.15, 0.2) is 47.4 Å². The van der Waals surface area contributed by atoms with Crippen LogP contribution in [-0.4, -0.2) is 35.1 Å². The second-order valence-electron chi connectivity index (χ2n) is 7.46. The Labute approximate surface area is 185 Å². The molecule has 0 radical (unpaired) electrons. The van der Waals surface area contributed by atoms with Gasteiger partial charge in [0.15, 0.2) is 0 Å². The van der Waals surface area contributed by atoms with Crippen LogP contribution in [0.1, 0.15) is 48.4 Å². The van der Waals surface area contributed by atoms with Gasteiger partial charge < -0.3 is 22.5 Å². The molecule has 30 heavy (non-hydrogen) atoms. The molecule has 2 N–H and O–H groups in total. The minimum atomic E-state index is -3.60. The molecule has 6 nitrogen and oxygen atoms in total. The summed E-state index contributed by atoms with van der Waals surface area (Å²) in [4.78, 5) is 10.6. The minimum Gasteiger partial charge on any atom is -1.00 e. The number of rotatable bonds is 9. The Morgan fingerprint density at radius 2 is 1.80 bits per heavy atom. The van der Waals surface area contributed by atoms with Crippen molar-refractivity contribution in [2.75, 3.05) is 24.5 Å². The summed E-state index contributed by atoms with van der Waals surface area (Å²) in [6.07, 6.45) is 3.95. The number of nitrogens with zero attached hydrogens (tertiary/aromatic N) is 1. The lowest BCUT2D eigenvalue weighted by molar-refractivity contribution is -0.687. The average molecular weight is 453 g/mol. The first kappa shape index (κ1) is 24.2. The molecule has 1 aliphatic rings. The Balaban J connectivity index is 0.00000320. The molecule has 0 bridgehead atoms. The summed E-state index contributed by atoms with van der Waals surface area (Å²) in [5.74, 6) is 0. The molecule has 0 aliphatic carbocycles. The van der Waals surface area contributed by atoms with Gasteiger partial charge in [0.05, 0.1) is 23.7 Å². The van der Waals surface area contributed by atoms with Crippen molar-refractivity contribution < 1.29 is 35.7 Å². The maximum absolute atomic E-state index is 13.3. The van der Waals surface area contributed by atoms with Crippen molar-refractivity contribution in [1.29, 1.82) is 0 Å². The molecule has 1 atom stereocenters. The van der Waals surface area contributed by atoms with E-state index in [2.05, 4.69) is 5.32 Å². The highest BCUT2D eigenvalue weighted by atomic mass is 35.5. The lowest BCUT2D eigenvalue weighted by Gasteiger charge is -2.20. The van der Waals surface area contributed by atoms with Gasteiger partial charge in [-0.05, 0) is 50.3 Å². The number of carbonyl (C=O) groups excluding carboxylic acids is 1. The smallest absolute Gasteiger partial charge is 0.293 e. The zero-order valence-corrected chi connectivity index (χ0v) is 19.0. The fourth-order valence-corrected chi connectivity index (χ4v) is 5.42. The summed E-state index contributed by atoms with van der Waals surface area (Å²) in [6, 6.07) is 13.4. The van der Waals surface area contributed by atoms with Crippen LogP contribution in [0.5, 0.6) is 0 Å². The van der Waals surface area contributed by atoms with E-state index in [0.29, 0.717) is 18.0 Å². The number of hydrogen-bond acceptors (Lipinski definition) is 4. The van der Waals surface area contributed by atoms with E-state index in [4.69, 9.17) is 4.74 Å². The first-order chi connectivity index (χ1) is 14.0. The normalized spacial score (nSPS) is 16.6. The molecule has 2 aromatic carbocycles. The number of benzene rings is 2. The molecule has 0 saturated heterocycles. The number of carbonyl (C=O) groups is 1. The van der Waals surface area contributed by atoms with Gasteiger partial charge in [0.2, 0.25) is 0 Å². The molecule has 164 valence electrons. The Kier molecular flexibility index (Phi) is 8.70. The highest BCUT2D eigenvalue weighted by Crippen LogP contribution is 2.38. The van der Waals surface area contributed by atoms with Crippen LogP contribution in [0.3, 0.4) is 0 Å². The number of unbranched alkanes of at least 4 members (excludes halogenated alkanes) is 3. The van der Waals surface area contributed by atoms with E-state index in [1.165, 1.54) is 4.31 Å². The van der Waals surface area contributed by atoms with Gasteiger partial charge in [0.25, 0.3) is 16.5 Å². The fraction of sp³-hybridized carbons (Fsp3) is 0.409. The number of para-hydroxylation sites is 1. The summed E-state index contributed by atoms with van der Waals surface area (Å²) in [5.41, 5.74) is 3.52. The van der Waals surface area contributed by atoms with Crippen LogP contribution < -0.4 is 22.0 Å². The van der Waals surface area contributed by atoms with E-state index in [-0.39, 0.29) is 18.4 Å². The first-order valence-electron chi connectivity index (χ1n) is 10.0. The van der Waals surface area contributed by atoms with Crippen LogP contribution in [-0.2, 0) is 19.6 Å². The minimum absolute atomic E-state index is 0. The number of sulfonamides is 1. The third-order valence-corrected chi connectivity index (χ3v) is 7.27. The number of nitrogens with two attached hydrogens (primary N) is 1. The van der Waals surface area contributed by atoms with Gasteiger partial charge in [-0.25, -0.2) is 8.42 Å². The van der Waals surface area contributed by atoms with Crippen molar-refractivity contribution in [2.45, 2.75) is 43.5 Å². The monoisotopic (exact) mass is 452 g/mol. The largest absolute Gasteiger partial charge is 1.00 e. The maximum atomic E-state index is 13.3. The molecule has 0 fully saturated rings. The average Bonchev–Trinajstić information content (AvgIpc) is 2.78. The Bertz CT molecular complexity index is 965. The third-order valence-electron chi connectivity index (χ3n) is 5.44. The van der Waals surface area contributed by atoms with Gasteiger partial charge in [-0.3, -0.25) is 9.10 Å². The van der Waals surface area contributed by atoms with Crippen LogP contribution in [0.2, 0.25) is 0 Å². The molecule has 1 aliphatic heterocycles. The number of fused-ring (bicyclic) bond motifs is 2. The van der Waals surface area contributed by atoms with Gasteiger partial charge in [-0.2, -0.15) is 0 Å². The van der Waals surface area contributed by atoms with Crippen LogP contribution in [0.25, 0.3) is 0 Å². The second-order valence-corrected chi connectivity index (χ2v) is 9.39. The number of aryl methyl sites for hydroxylation is 1. The van der Waals surface area contributed by atoms with Gasteiger partial charge in [-0.15, -0.1) is 0 Å². The molecular formula is C22H29ClN2O4S. The lowest BCUT2D eigenvalue weighted by Crippen LogP contribution is -3.00. The van der Waals surface area contributed by atoms with E-state index < -0.39 is 10.0 Å². The maximum Gasteiger partial charge on any atom is 0.293 e. The molecule has 1 unspecified atom stereocenters. The fourth-order valence-electron chi connectivity index (χ4n) is 3.87. The topological polar surface area (TPSA) is 80.3 Å². The molecule has 0 saturated carbocycles. The Morgan fingerprint density at radius 3 is 2.57 bits per heavy atom. The van der Waals surface area contributed by atoms with E-state index in [1.807, 2.05) is 43.3 Å². The van der Waals surface area contributed by atoms with Crippen molar-refractivity contribution in [3.05, 3.63) is 59.2 Å². The highest BCUT2D eigenvalue weighted by molar-refractivity contribution is 7.92. The summed E-state index contributed by atoms with van der Waals surface area (Å²) in [5, 5.41) is 2.24. The van der Waals surface area contributed by atoms with Crippen molar-refractivity contribution in [2.24, 2.45) is 0 Å². The van der Waals surface area contributed by atoms with E-state index >= 15 is 0 Å². The SMILES string of the molecule is Cc1ccc2c(c1)S(=O)(=O)N(C)c1ccccc1C2[NH2+]CCCCCCOC=O.[Cl-]. The summed E-state index contributed by atoms with van der Waals surface area (Å²) < 4.78 is 32.6. The van der Waals surface area contributed by atoms with E-state index in [1.54, 1.807) is 13.1 Å². The highest BCUT2D eigenvalue weighted by Gasteiger charge is 2.36. The second kappa shape index (κ2) is 10.8. The number of hydrogen-bond donors (Lipinski definition) is 1. The van der Waals surface area contributed by atoms with Crippen molar-refractivity contribution in [1.82, 2.24) is 0 Å². The number of ether oxygens (including phenoxy) is 1. The number of halogens is 1. The number of anilines is 1. The predicted octanol–water partition coefficient (Wildman–Crippen LogP) is -0.476. The molecule has 8 heteroatoms. The Hall–Kier alpha value is -2.09. The lowest BCUT2D eigenvalue weighted by atomic mass is 9.96. The molecule has 0 aromatic heterocycles. The van der Waals surface area contributed by atoms with E-state index in [9.17, 15) is 13.2 Å². The quantitative estimate of drug-likeness (QED) is 0.412. The van der Waals surface area contributed by atoms with Crippen molar-refractivity contribution in [3.63, 3.8) is 0 Å². The molecular weight excluding hydrogens is 424 g/mol. The predicted molar refractivity (Wildman–Crippen MR) is 112 cm³/mol. The van der Waals surface area contributed by atoms with Crippen molar-refractivity contribution in [3.8, 4) is 0 Å². The summed E-state index contributed by atoms with van der Waals surface area (Å²) in [6.45, 7) is 3.77. The first-order valence-corrected chi connectivity index (χ1v) is 11.5. The zero-order chi connectivity index (χ0) is 20.9. The summed E-state index contributed by atoms with van der Waals surface area (Å²) >= 11 is 0. The standard InChI is InChI=1S/C22H28N2O4S.ClH/c1-17-11-12-19-21(15-17)29(26,27)24(2)20-10-6-5-9-18(20)22(19)23-13-7-3-4-8-14-28-16-25;/h5-6,9-12,15-16,22-23H,3-4,7-8,13-14H2,1-2H3;1H. The zero-order valence-electron chi connectivity index (χ0n) is 17.4. The Morgan fingerprint density at radius 1 is 1.07 bits per heavy atom. The summed E-state index contributed by atoms with van der Waals surface area (Å²) in [7, 11) is -1.97. The van der Waals surface area contributed by atoms with Gasteiger partial charge in [0, 0.05) is 18.2 Å². The van der Waals surface area contributed by atoms with Crippen LogP contribution >= 0.6 is 0 Å². The third kappa shape index (κ3) is 5.14. The van der Waals surface area contributed by atoms with Gasteiger partial charge in [0.1, 0.15) is 6.04 Å². The van der Waals surface area contributed by atoms with E-state index in [0.717, 1.165) is 54.6 Å².